The maximum absolute atomic E-state index is 13.2. The van der Waals surface area contributed by atoms with Crippen LogP contribution < -0.4 is 14.4 Å². The molecule has 0 aliphatic carbocycles. The van der Waals surface area contributed by atoms with Crippen molar-refractivity contribution in [3.63, 3.8) is 0 Å². The van der Waals surface area contributed by atoms with E-state index >= 15 is 0 Å². The van der Waals surface area contributed by atoms with E-state index in [0.717, 1.165) is 30.1 Å². The molecule has 10 nitrogen and oxygen atoms in total. The maximum Gasteiger partial charge on any atom is 0.243 e. The van der Waals surface area contributed by atoms with Gasteiger partial charge in [0, 0.05) is 39.3 Å². The van der Waals surface area contributed by atoms with Crippen LogP contribution in [-0.4, -0.2) is 72.6 Å². The molecule has 11 heteroatoms. The minimum atomic E-state index is -3.61. The number of anilines is 1. The van der Waals surface area contributed by atoms with Crippen LogP contribution in [0.5, 0.6) is 11.5 Å². The summed E-state index contributed by atoms with van der Waals surface area (Å²) in [5, 5.41) is 0. The zero-order chi connectivity index (χ0) is 21.8. The lowest BCUT2D eigenvalue weighted by Crippen LogP contribution is -2.33. The number of aromatic nitrogens is 4. The number of rotatable bonds is 5. The quantitative estimate of drug-likeness (QED) is 0.577. The van der Waals surface area contributed by atoms with E-state index < -0.39 is 10.0 Å². The first-order valence-corrected chi connectivity index (χ1v) is 11.5. The third-order valence-electron chi connectivity index (χ3n) is 6.22. The van der Waals surface area contributed by atoms with E-state index in [9.17, 15) is 8.42 Å². The molecule has 2 aromatic heterocycles. The molecule has 0 amide bonds. The van der Waals surface area contributed by atoms with Gasteiger partial charge in [0.05, 0.1) is 25.4 Å². The lowest BCUT2D eigenvalue weighted by atomic mass is 10.0. The summed E-state index contributed by atoms with van der Waals surface area (Å²) < 4.78 is 40.4. The van der Waals surface area contributed by atoms with Crippen LogP contribution in [0.15, 0.2) is 35.7 Å². The SMILES string of the molecule is COc1ccc(S(=O)(=O)N2CC3CN(c4ncnc5c4ncn5C)CC3C2)cc1OC. The van der Waals surface area contributed by atoms with Crippen LogP contribution in [0.25, 0.3) is 11.2 Å². The molecule has 2 atom stereocenters. The van der Waals surface area contributed by atoms with E-state index in [1.54, 1.807) is 29.1 Å². The summed E-state index contributed by atoms with van der Waals surface area (Å²) in [6.45, 7) is 2.44. The summed E-state index contributed by atoms with van der Waals surface area (Å²) in [6.07, 6.45) is 3.29. The standard InChI is InChI=1S/C20H24N6O4S/c1-24-12-23-18-19(24)21-11-22-20(18)25-7-13-9-26(10-14(13)8-25)31(27,28)15-4-5-16(29-2)17(6-15)30-3/h4-6,11-14H,7-10H2,1-3H3. The first-order chi connectivity index (χ1) is 14.9. The van der Waals surface area contributed by atoms with Crippen molar-refractivity contribution in [2.45, 2.75) is 4.90 Å². The van der Waals surface area contributed by atoms with E-state index in [-0.39, 0.29) is 16.7 Å². The van der Waals surface area contributed by atoms with Crippen molar-refractivity contribution in [2.24, 2.45) is 18.9 Å². The average Bonchev–Trinajstić information content (AvgIpc) is 3.46. The number of benzene rings is 1. The van der Waals surface area contributed by atoms with Gasteiger partial charge in [-0.15, -0.1) is 0 Å². The van der Waals surface area contributed by atoms with Gasteiger partial charge in [0.1, 0.15) is 6.33 Å². The normalized spacial score (nSPS) is 21.6. The summed E-state index contributed by atoms with van der Waals surface area (Å²) in [7, 11) is 1.31. The van der Waals surface area contributed by atoms with Gasteiger partial charge in [-0.1, -0.05) is 0 Å². The largest absolute Gasteiger partial charge is 0.493 e. The highest BCUT2D eigenvalue weighted by atomic mass is 32.2. The summed E-state index contributed by atoms with van der Waals surface area (Å²) in [5.74, 6) is 2.19. The average molecular weight is 445 g/mol. The number of methoxy groups -OCH3 is 2. The number of imidazole rings is 1. The fourth-order valence-electron chi connectivity index (χ4n) is 4.61. The fourth-order valence-corrected chi connectivity index (χ4v) is 6.18. The molecule has 0 N–H and O–H groups in total. The molecule has 0 saturated carbocycles. The van der Waals surface area contributed by atoms with Gasteiger partial charge < -0.3 is 18.9 Å². The van der Waals surface area contributed by atoms with Crippen LogP contribution in [0, 0.1) is 11.8 Å². The second-order valence-electron chi connectivity index (χ2n) is 7.99. The summed E-state index contributed by atoms with van der Waals surface area (Å²) in [4.78, 5) is 15.6. The number of nitrogens with zero attached hydrogens (tertiary/aromatic N) is 6. The number of fused-ring (bicyclic) bond motifs is 2. The Morgan fingerprint density at radius 2 is 1.68 bits per heavy atom. The van der Waals surface area contributed by atoms with Gasteiger partial charge in [-0.05, 0) is 24.0 Å². The zero-order valence-electron chi connectivity index (χ0n) is 17.6. The van der Waals surface area contributed by atoms with Crippen LogP contribution >= 0.6 is 0 Å². The molecular weight excluding hydrogens is 420 g/mol. The first-order valence-electron chi connectivity index (χ1n) is 10.0. The van der Waals surface area contributed by atoms with Crippen molar-refractivity contribution in [1.29, 1.82) is 0 Å². The zero-order valence-corrected chi connectivity index (χ0v) is 18.4. The molecule has 4 heterocycles. The molecular formula is C20H24N6O4S. The van der Waals surface area contributed by atoms with E-state index in [1.807, 2.05) is 11.6 Å². The molecule has 0 spiro atoms. The topological polar surface area (TPSA) is 103 Å². The van der Waals surface area contributed by atoms with Gasteiger partial charge in [0.25, 0.3) is 0 Å². The van der Waals surface area contributed by atoms with Crippen LogP contribution in [0.4, 0.5) is 5.82 Å². The molecule has 2 unspecified atom stereocenters. The van der Waals surface area contributed by atoms with Crippen molar-refractivity contribution in [3.05, 3.63) is 30.9 Å². The number of hydrogen-bond acceptors (Lipinski definition) is 8. The third kappa shape index (κ3) is 3.19. The minimum Gasteiger partial charge on any atom is -0.493 e. The van der Waals surface area contributed by atoms with Crippen LogP contribution in [-0.2, 0) is 17.1 Å². The second-order valence-corrected chi connectivity index (χ2v) is 9.93. The number of ether oxygens (including phenoxy) is 2. The third-order valence-corrected chi connectivity index (χ3v) is 8.05. The van der Waals surface area contributed by atoms with E-state index in [0.29, 0.717) is 24.6 Å². The van der Waals surface area contributed by atoms with Gasteiger partial charge in [0.2, 0.25) is 10.0 Å². The van der Waals surface area contributed by atoms with Crippen LogP contribution in [0.3, 0.4) is 0 Å². The van der Waals surface area contributed by atoms with Crippen molar-refractivity contribution >= 4 is 27.0 Å². The Hall–Kier alpha value is -2.92. The van der Waals surface area contributed by atoms with Crippen molar-refractivity contribution in [2.75, 3.05) is 45.3 Å². The van der Waals surface area contributed by atoms with Crippen LogP contribution in [0.1, 0.15) is 0 Å². The van der Waals surface area contributed by atoms with Crippen molar-refractivity contribution in [3.8, 4) is 11.5 Å². The van der Waals surface area contributed by atoms with Gasteiger partial charge in [-0.3, -0.25) is 0 Å². The highest BCUT2D eigenvalue weighted by Crippen LogP contribution is 2.38. The Bertz CT molecular complexity index is 1230. The lowest BCUT2D eigenvalue weighted by Gasteiger charge is -2.22. The van der Waals surface area contributed by atoms with Gasteiger partial charge in [0.15, 0.2) is 28.5 Å². The molecule has 1 aromatic carbocycles. The fraction of sp³-hybridized carbons (Fsp3) is 0.450. The Kier molecular flexibility index (Phi) is 4.74. The summed E-state index contributed by atoms with van der Waals surface area (Å²) >= 11 is 0. The minimum absolute atomic E-state index is 0.216. The highest BCUT2D eigenvalue weighted by molar-refractivity contribution is 7.89. The monoisotopic (exact) mass is 444 g/mol. The smallest absolute Gasteiger partial charge is 0.243 e. The molecule has 0 bridgehead atoms. The molecule has 3 aromatic rings. The predicted molar refractivity (Wildman–Crippen MR) is 114 cm³/mol. The Balaban J connectivity index is 1.35. The molecule has 2 aliphatic rings. The molecule has 5 rings (SSSR count). The summed E-state index contributed by atoms with van der Waals surface area (Å²) in [5.41, 5.74) is 1.57. The Morgan fingerprint density at radius 3 is 2.35 bits per heavy atom. The van der Waals surface area contributed by atoms with Crippen molar-refractivity contribution in [1.82, 2.24) is 23.8 Å². The van der Waals surface area contributed by atoms with E-state index in [4.69, 9.17) is 9.47 Å². The molecule has 2 saturated heterocycles. The second kappa shape index (κ2) is 7.34. The predicted octanol–water partition coefficient (Wildman–Crippen LogP) is 1.14. The molecule has 2 fully saturated rings. The maximum atomic E-state index is 13.2. The number of hydrogen-bond donors (Lipinski definition) is 0. The number of aryl methyl sites for hydroxylation is 1. The van der Waals surface area contributed by atoms with Gasteiger partial charge in [-0.25, -0.2) is 23.4 Å². The Labute approximate surface area is 180 Å². The molecule has 0 radical (unpaired) electrons. The molecule has 164 valence electrons. The summed E-state index contributed by atoms with van der Waals surface area (Å²) in [6, 6.07) is 4.71. The van der Waals surface area contributed by atoms with E-state index in [2.05, 4.69) is 19.9 Å². The van der Waals surface area contributed by atoms with Crippen LogP contribution in [0.2, 0.25) is 0 Å². The highest BCUT2D eigenvalue weighted by Gasteiger charge is 2.45. The Morgan fingerprint density at radius 1 is 0.968 bits per heavy atom. The van der Waals surface area contributed by atoms with Gasteiger partial charge >= 0.3 is 0 Å². The molecule has 31 heavy (non-hydrogen) atoms. The van der Waals surface area contributed by atoms with E-state index in [1.165, 1.54) is 20.3 Å². The lowest BCUT2D eigenvalue weighted by molar-refractivity contribution is 0.353. The number of sulfonamides is 1. The first kappa shape index (κ1) is 20.0. The van der Waals surface area contributed by atoms with Gasteiger partial charge in [-0.2, -0.15) is 4.31 Å². The molecule has 2 aliphatic heterocycles. The van der Waals surface area contributed by atoms with Crippen molar-refractivity contribution < 1.29 is 17.9 Å².